The molecule has 5 rings (SSSR count). The average Bonchev–Trinajstić information content (AvgIpc) is 2.82. The van der Waals surface area contributed by atoms with Crippen LogP contribution in [-0.4, -0.2) is 47.2 Å². The molecule has 172 valence electrons. The number of hydrogen-bond acceptors (Lipinski definition) is 5. The van der Waals surface area contributed by atoms with Crippen LogP contribution in [0.4, 0.5) is 5.69 Å². The fourth-order valence-corrected chi connectivity index (χ4v) is 4.97. The Hall–Kier alpha value is -2.54. The van der Waals surface area contributed by atoms with E-state index in [4.69, 9.17) is 27.9 Å². The monoisotopic (exact) mass is 484 g/mol. The zero-order valence-corrected chi connectivity index (χ0v) is 20.1. The normalized spacial score (nSPS) is 15.7. The van der Waals surface area contributed by atoms with Crippen LogP contribution in [0.25, 0.3) is 11.3 Å². The highest BCUT2D eigenvalue weighted by Gasteiger charge is 2.22. The number of rotatable bonds is 5. The molecule has 8 heteroatoms. The van der Waals surface area contributed by atoms with Gasteiger partial charge >= 0.3 is 5.69 Å². The van der Waals surface area contributed by atoms with E-state index in [0.717, 1.165) is 73.0 Å². The topological polar surface area (TPSA) is 50.6 Å². The van der Waals surface area contributed by atoms with Gasteiger partial charge in [0.2, 0.25) is 0 Å². The van der Waals surface area contributed by atoms with Crippen molar-refractivity contribution in [2.75, 3.05) is 37.6 Å². The summed E-state index contributed by atoms with van der Waals surface area (Å²) in [4.78, 5) is 21.8. The molecule has 33 heavy (non-hydrogen) atoms. The summed E-state index contributed by atoms with van der Waals surface area (Å²) in [6, 6.07) is 11.7. The lowest BCUT2D eigenvalue weighted by Gasteiger charge is -2.36. The van der Waals surface area contributed by atoms with Crippen LogP contribution in [0.5, 0.6) is 5.75 Å². The number of halogens is 2. The minimum atomic E-state index is -0.205. The molecule has 0 N–H and O–H groups in total. The van der Waals surface area contributed by atoms with Gasteiger partial charge in [-0.1, -0.05) is 40.9 Å². The molecule has 0 amide bonds. The molecule has 2 aromatic carbocycles. The first-order valence-electron chi connectivity index (χ1n) is 11.2. The van der Waals surface area contributed by atoms with Gasteiger partial charge in [-0.2, -0.15) is 4.98 Å². The van der Waals surface area contributed by atoms with Gasteiger partial charge < -0.3 is 9.64 Å². The predicted molar refractivity (Wildman–Crippen MR) is 133 cm³/mol. The third kappa shape index (κ3) is 4.60. The smallest absolute Gasteiger partial charge is 0.348 e. The Labute approximate surface area is 203 Å². The second-order valence-corrected chi connectivity index (χ2v) is 9.42. The highest BCUT2D eigenvalue weighted by atomic mass is 35.5. The quantitative estimate of drug-likeness (QED) is 0.528. The molecule has 2 aliphatic heterocycles. The highest BCUT2D eigenvalue weighted by molar-refractivity contribution is 6.43. The Bertz CT molecular complexity index is 1240. The largest absolute Gasteiger partial charge is 0.488 e. The average molecular weight is 485 g/mol. The zero-order chi connectivity index (χ0) is 22.9. The standard InChI is InChI=1S/C25H26Cl2N4O2/c1-17-6-7-22-19(14-17)24-18(16-33-22)15-31(25(32)28-24)9-3-8-29-10-12-30(13-11-29)21-5-2-4-20(26)23(21)27/h2,4-7,14-15H,3,8-13,16H2,1H3. The number of anilines is 1. The van der Waals surface area contributed by atoms with Gasteiger partial charge in [-0.05, 0) is 44.2 Å². The lowest BCUT2D eigenvalue weighted by atomic mass is 10.0. The van der Waals surface area contributed by atoms with E-state index in [2.05, 4.69) is 14.8 Å². The van der Waals surface area contributed by atoms with Crippen molar-refractivity contribution in [2.24, 2.45) is 0 Å². The first-order chi connectivity index (χ1) is 16.0. The molecule has 0 unspecified atom stereocenters. The molecule has 1 aromatic heterocycles. The van der Waals surface area contributed by atoms with Gasteiger partial charge in [-0.25, -0.2) is 4.79 Å². The van der Waals surface area contributed by atoms with E-state index in [1.54, 1.807) is 4.57 Å². The van der Waals surface area contributed by atoms with E-state index in [1.165, 1.54) is 0 Å². The van der Waals surface area contributed by atoms with E-state index in [-0.39, 0.29) is 5.69 Å². The number of hydrogen-bond donors (Lipinski definition) is 0. The maximum absolute atomic E-state index is 12.7. The Kier molecular flexibility index (Phi) is 6.32. The van der Waals surface area contributed by atoms with E-state index < -0.39 is 0 Å². The van der Waals surface area contributed by atoms with Crippen molar-refractivity contribution >= 4 is 28.9 Å². The summed E-state index contributed by atoms with van der Waals surface area (Å²) in [5, 5.41) is 1.21. The lowest BCUT2D eigenvalue weighted by molar-refractivity contribution is 0.249. The number of fused-ring (bicyclic) bond motifs is 3. The van der Waals surface area contributed by atoms with Crippen LogP contribution in [0.1, 0.15) is 17.5 Å². The summed E-state index contributed by atoms with van der Waals surface area (Å²) in [6.07, 6.45) is 2.80. The van der Waals surface area contributed by atoms with Crippen LogP contribution in [0.3, 0.4) is 0 Å². The summed E-state index contributed by atoms with van der Waals surface area (Å²) in [5.74, 6) is 0.788. The van der Waals surface area contributed by atoms with Gasteiger partial charge in [0.05, 0.1) is 21.4 Å². The van der Waals surface area contributed by atoms with Crippen molar-refractivity contribution in [1.29, 1.82) is 0 Å². The second kappa shape index (κ2) is 9.37. The molecule has 0 atom stereocenters. The van der Waals surface area contributed by atoms with Gasteiger partial charge in [-0.3, -0.25) is 9.47 Å². The van der Waals surface area contributed by atoms with Gasteiger partial charge in [0.25, 0.3) is 0 Å². The molecule has 0 bridgehead atoms. The van der Waals surface area contributed by atoms with E-state index in [1.807, 2.05) is 49.5 Å². The molecule has 0 spiro atoms. The molecule has 1 fully saturated rings. The summed E-state index contributed by atoms with van der Waals surface area (Å²) in [5.41, 5.74) is 4.52. The van der Waals surface area contributed by atoms with Crippen LogP contribution in [0.2, 0.25) is 10.0 Å². The van der Waals surface area contributed by atoms with Crippen LogP contribution >= 0.6 is 23.2 Å². The molecule has 0 saturated carbocycles. The number of ether oxygens (including phenoxy) is 1. The first kappa shape index (κ1) is 22.3. The van der Waals surface area contributed by atoms with Crippen molar-refractivity contribution in [3.05, 3.63) is 74.3 Å². The van der Waals surface area contributed by atoms with Crippen molar-refractivity contribution in [1.82, 2.24) is 14.5 Å². The summed E-state index contributed by atoms with van der Waals surface area (Å²) in [6.45, 7) is 7.73. The molecule has 6 nitrogen and oxygen atoms in total. The Morgan fingerprint density at radius 2 is 1.88 bits per heavy atom. The molecule has 2 aliphatic rings. The van der Waals surface area contributed by atoms with Crippen molar-refractivity contribution in [3.63, 3.8) is 0 Å². The Morgan fingerprint density at radius 1 is 1.06 bits per heavy atom. The van der Waals surface area contributed by atoms with Gasteiger partial charge in [0.15, 0.2) is 0 Å². The van der Waals surface area contributed by atoms with E-state index in [0.29, 0.717) is 23.2 Å². The fraction of sp³-hybridized carbons (Fsp3) is 0.360. The maximum atomic E-state index is 12.7. The van der Waals surface area contributed by atoms with Crippen molar-refractivity contribution in [3.8, 4) is 17.0 Å². The fourth-order valence-electron chi connectivity index (χ4n) is 4.56. The molecule has 3 heterocycles. The zero-order valence-electron chi connectivity index (χ0n) is 18.6. The van der Waals surface area contributed by atoms with Crippen LogP contribution in [0, 0.1) is 6.92 Å². The molecule has 3 aromatic rings. The van der Waals surface area contributed by atoms with Gasteiger partial charge in [0.1, 0.15) is 12.4 Å². The SMILES string of the molecule is Cc1ccc2c(c1)-c1nc(=O)n(CCCN3CCN(c4cccc(Cl)c4Cl)CC3)cc1CO2. The Morgan fingerprint density at radius 3 is 2.70 bits per heavy atom. The third-order valence-electron chi connectivity index (χ3n) is 6.36. The second-order valence-electron chi connectivity index (χ2n) is 8.63. The summed E-state index contributed by atoms with van der Waals surface area (Å²) >= 11 is 12.5. The van der Waals surface area contributed by atoms with Crippen LogP contribution in [0.15, 0.2) is 47.4 Å². The maximum Gasteiger partial charge on any atom is 0.348 e. The van der Waals surface area contributed by atoms with Crippen LogP contribution < -0.4 is 15.3 Å². The van der Waals surface area contributed by atoms with E-state index >= 15 is 0 Å². The van der Waals surface area contributed by atoms with Crippen molar-refractivity contribution < 1.29 is 4.74 Å². The molecule has 1 saturated heterocycles. The minimum Gasteiger partial charge on any atom is -0.488 e. The molecular formula is C25H26Cl2N4O2. The third-order valence-corrected chi connectivity index (χ3v) is 7.17. The highest BCUT2D eigenvalue weighted by Crippen LogP contribution is 2.36. The molecule has 0 radical (unpaired) electrons. The predicted octanol–water partition coefficient (Wildman–Crippen LogP) is 4.63. The van der Waals surface area contributed by atoms with Gasteiger partial charge in [0, 0.05) is 50.0 Å². The molecule has 0 aliphatic carbocycles. The number of nitrogens with zero attached hydrogens (tertiary/aromatic N) is 4. The van der Waals surface area contributed by atoms with E-state index in [9.17, 15) is 4.79 Å². The van der Waals surface area contributed by atoms with Crippen LogP contribution in [-0.2, 0) is 13.2 Å². The lowest BCUT2D eigenvalue weighted by Crippen LogP contribution is -2.47. The number of benzene rings is 2. The number of piperazine rings is 1. The summed E-state index contributed by atoms with van der Waals surface area (Å²) in [7, 11) is 0. The summed E-state index contributed by atoms with van der Waals surface area (Å²) < 4.78 is 7.59. The molecular weight excluding hydrogens is 459 g/mol. The van der Waals surface area contributed by atoms with Crippen molar-refractivity contribution in [2.45, 2.75) is 26.5 Å². The minimum absolute atomic E-state index is 0.205. The first-order valence-corrected chi connectivity index (χ1v) is 12.0. The Balaban J connectivity index is 1.19. The number of aromatic nitrogens is 2. The number of aryl methyl sites for hydroxylation is 2. The van der Waals surface area contributed by atoms with Gasteiger partial charge in [-0.15, -0.1) is 0 Å².